The lowest BCUT2D eigenvalue weighted by molar-refractivity contribution is -0.153. The molecule has 2 aromatic carbocycles. The van der Waals surface area contributed by atoms with Gasteiger partial charge in [-0.3, -0.25) is 14.4 Å². The van der Waals surface area contributed by atoms with Gasteiger partial charge in [-0.25, -0.2) is 5.84 Å². The number of carbonyl (C=O) groups is 3. The maximum atomic E-state index is 14.2. The molecule has 2 heterocycles. The van der Waals surface area contributed by atoms with Gasteiger partial charge in [0.15, 0.2) is 0 Å². The fraction of sp³-hybridized carbons (Fsp3) is 0.469. The fourth-order valence-corrected chi connectivity index (χ4v) is 6.76. The lowest BCUT2D eigenvalue weighted by Gasteiger charge is -2.43. The summed E-state index contributed by atoms with van der Waals surface area (Å²) in [6.45, 7) is 4.91. The Morgan fingerprint density at radius 3 is 2.58 bits per heavy atom. The number of hydrogen-bond donors (Lipinski definition) is 3. The molecule has 0 aromatic heterocycles. The van der Waals surface area contributed by atoms with Crippen molar-refractivity contribution in [2.45, 2.75) is 64.6 Å². The van der Waals surface area contributed by atoms with Gasteiger partial charge in [0.05, 0.1) is 23.6 Å². The van der Waals surface area contributed by atoms with Crippen LogP contribution in [-0.4, -0.2) is 63.4 Å². The topological polar surface area (TPSA) is 142 Å². The second kappa shape index (κ2) is 12.9. The molecule has 11 heteroatoms. The van der Waals surface area contributed by atoms with Crippen molar-refractivity contribution in [3.63, 3.8) is 0 Å². The monoisotopic (exact) mass is 609 g/mol. The maximum Gasteiger partial charge on any atom is 0.307 e. The lowest BCUT2D eigenvalue weighted by atomic mass is 9.77. The summed E-state index contributed by atoms with van der Waals surface area (Å²) >= 11 is 6.73. The molecule has 3 aliphatic rings. The summed E-state index contributed by atoms with van der Waals surface area (Å²) in [4.78, 5) is 43.4. The molecule has 1 aliphatic carbocycles. The number of hydrogen-bond acceptors (Lipinski definition) is 7. The second-order valence-corrected chi connectivity index (χ2v) is 12.4. The number of carbonyl (C=O) groups excluding carboxylic acids is 2. The molecule has 0 unspecified atom stereocenters. The molecule has 230 valence electrons. The highest BCUT2D eigenvalue weighted by atomic mass is 35.5. The van der Waals surface area contributed by atoms with Gasteiger partial charge < -0.3 is 30.4 Å². The number of hydrazine groups is 1. The van der Waals surface area contributed by atoms with Gasteiger partial charge in [-0.2, -0.15) is 0 Å². The van der Waals surface area contributed by atoms with E-state index in [1.807, 2.05) is 38.1 Å². The summed E-state index contributed by atoms with van der Waals surface area (Å²) in [6, 6.07) is 10.5. The van der Waals surface area contributed by atoms with Crippen molar-refractivity contribution in [2.24, 2.45) is 23.4 Å². The number of aliphatic carboxylic acids is 1. The van der Waals surface area contributed by atoms with Crippen LogP contribution in [0.15, 0.2) is 48.3 Å². The van der Waals surface area contributed by atoms with Gasteiger partial charge >= 0.3 is 5.97 Å². The van der Waals surface area contributed by atoms with E-state index < -0.39 is 23.8 Å². The number of fused-ring (bicyclic) bond motifs is 2. The largest absolute Gasteiger partial charge is 0.487 e. The normalized spacial score (nSPS) is 21.9. The van der Waals surface area contributed by atoms with E-state index in [1.54, 1.807) is 28.1 Å². The number of ether oxygens (including phenoxy) is 1. The van der Waals surface area contributed by atoms with E-state index in [0.29, 0.717) is 54.4 Å². The number of nitrogens with zero attached hydrogens (tertiary/aromatic N) is 3. The first-order chi connectivity index (χ1) is 20.6. The molecular weight excluding hydrogens is 570 g/mol. The van der Waals surface area contributed by atoms with Crippen molar-refractivity contribution in [1.29, 1.82) is 0 Å². The van der Waals surface area contributed by atoms with Crippen LogP contribution >= 0.6 is 11.6 Å². The number of carboxylic acid groups (broad SMARTS) is 1. The first kappa shape index (κ1) is 30.7. The van der Waals surface area contributed by atoms with Gasteiger partial charge in [0.25, 0.3) is 5.91 Å². The molecule has 2 amide bonds. The zero-order chi connectivity index (χ0) is 30.8. The predicted molar refractivity (Wildman–Crippen MR) is 163 cm³/mol. The van der Waals surface area contributed by atoms with Crippen molar-refractivity contribution in [3.8, 4) is 5.75 Å². The van der Waals surface area contributed by atoms with Crippen molar-refractivity contribution < 1.29 is 24.2 Å². The van der Waals surface area contributed by atoms with E-state index >= 15 is 0 Å². The van der Waals surface area contributed by atoms with Crippen LogP contribution in [0.2, 0.25) is 5.02 Å². The minimum Gasteiger partial charge on any atom is -0.487 e. The molecule has 1 saturated carbocycles. The van der Waals surface area contributed by atoms with Gasteiger partial charge in [-0.05, 0) is 62.4 Å². The minimum absolute atomic E-state index is 0.0438. The zero-order valence-corrected chi connectivity index (χ0v) is 25.4. The summed E-state index contributed by atoms with van der Waals surface area (Å²) in [6.07, 6.45) is 4.67. The highest BCUT2D eigenvalue weighted by molar-refractivity contribution is 6.31. The average molecular weight is 610 g/mol. The Morgan fingerprint density at radius 1 is 1.16 bits per heavy atom. The van der Waals surface area contributed by atoms with E-state index in [1.165, 1.54) is 5.01 Å². The molecule has 43 heavy (non-hydrogen) atoms. The molecule has 1 fully saturated rings. The molecule has 0 saturated heterocycles. The Morgan fingerprint density at radius 2 is 1.88 bits per heavy atom. The summed E-state index contributed by atoms with van der Waals surface area (Å²) in [7, 11) is 0. The quantitative estimate of drug-likeness (QED) is 0.285. The predicted octanol–water partition coefficient (Wildman–Crippen LogP) is 4.08. The van der Waals surface area contributed by atoms with Gasteiger partial charge in [-0.1, -0.05) is 42.6 Å². The molecule has 2 aliphatic heterocycles. The molecule has 3 atom stereocenters. The molecular formula is C32H40ClN5O5. The summed E-state index contributed by atoms with van der Waals surface area (Å²) < 4.78 is 6.25. The van der Waals surface area contributed by atoms with E-state index in [2.05, 4.69) is 0 Å². The SMILES string of the molecule is CC(C)N(N)/C=C(\N)COc1ccc(Cl)c2c1[C@@H](CN1Cc3ccccc3C1=O)N(C(=O)[C@@H]1CCCC[C@@H]1C(=O)O)CC2. The highest BCUT2D eigenvalue weighted by Crippen LogP contribution is 2.43. The van der Waals surface area contributed by atoms with Gasteiger partial charge in [0.2, 0.25) is 5.91 Å². The Bertz CT molecular complexity index is 1430. The molecule has 2 aromatic rings. The third-order valence-corrected chi connectivity index (χ3v) is 9.20. The van der Waals surface area contributed by atoms with Crippen molar-refractivity contribution in [3.05, 3.63) is 75.6 Å². The van der Waals surface area contributed by atoms with Crippen LogP contribution in [0.25, 0.3) is 0 Å². The van der Waals surface area contributed by atoms with Gasteiger partial charge in [-0.15, -0.1) is 0 Å². The molecule has 5 N–H and O–H groups in total. The number of halogens is 1. The third-order valence-electron chi connectivity index (χ3n) is 8.85. The van der Waals surface area contributed by atoms with Crippen molar-refractivity contribution >= 4 is 29.4 Å². The lowest BCUT2D eigenvalue weighted by Crippen LogP contribution is -2.50. The van der Waals surface area contributed by atoms with Crippen LogP contribution in [0.4, 0.5) is 0 Å². The van der Waals surface area contributed by atoms with Crippen LogP contribution < -0.4 is 16.3 Å². The summed E-state index contributed by atoms with van der Waals surface area (Å²) in [5.41, 5.74) is 9.79. The second-order valence-electron chi connectivity index (χ2n) is 11.9. The van der Waals surface area contributed by atoms with E-state index in [4.69, 9.17) is 27.9 Å². The average Bonchev–Trinajstić information content (AvgIpc) is 3.31. The van der Waals surface area contributed by atoms with E-state index in [9.17, 15) is 19.5 Å². The highest BCUT2D eigenvalue weighted by Gasteiger charge is 2.44. The first-order valence-corrected chi connectivity index (χ1v) is 15.3. The standard InChI is InChI=1S/C32H40ClN5O5/c1-19(2)38(35)16-21(34)18-43-28-12-11-26(33)25-13-14-37(31(40)23-9-5-6-10-24(23)32(41)42)27(29(25)28)17-36-15-20-7-3-4-8-22(20)30(36)39/h3-4,7-8,11-12,16,19,23-24,27H,5-6,9-10,13-15,17-18,34-35H2,1-2H3,(H,41,42)/b21-16-/t23-,24+,27-/m1/s1. The summed E-state index contributed by atoms with van der Waals surface area (Å²) in [5.74, 6) is 3.91. The van der Waals surface area contributed by atoms with E-state index in [0.717, 1.165) is 29.5 Å². The van der Waals surface area contributed by atoms with Gasteiger partial charge in [0.1, 0.15) is 12.4 Å². The molecule has 0 spiro atoms. The number of amides is 2. The number of rotatable bonds is 9. The van der Waals surface area contributed by atoms with Crippen LogP contribution in [0.5, 0.6) is 5.75 Å². The Labute approximate surface area is 257 Å². The molecule has 0 bridgehead atoms. The Hall–Kier alpha value is -3.76. The number of carboxylic acids is 1. The maximum absolute atomic E-state index is 14.2. The van der Waals surface area contributed by atoms with Crippen LogP contribution in [0.1, 0.15) is 72.6 Å². The molecule has 0 radical (unpaired) electrons. The van der Waals surface area contributed by atoms with Gasteiger partial charge in [0, 0.05) is 48.0 Å². The van der Waals surface area contributed by atoms with Crippen LogP contribution in [-0.2, 0) is 22.6 Å². The number of nitrogens with two attached hydrogens (primary N) is 2. The third kappa shape index (κ3) is 6.31. The zero-order valence-electron chi connectivity index (χ0n) is 24.7. The fourth-order valence-electron chi connectivity index (χ4n) is 6.50. The smallest absolute Gasteiger partial charge is 0.307 e. The number of benzene rings is 2. The Balaban J connectivity index is 1.52. The minimum atomic E-state index is -0.943. The van der Waals surface area contributed by atoms with E-state index in [-0.39, 0.29) is 31.0 Å². The molecule has 10 nitrogen and oxygen atoms in total. The van der Waals surface area contributed by atoms with Crippen molar-refractivity contribution in [1.82, 2.24) is 14.8 Å². The Kier molecular flexibility index (Phi) is 9.17. The van der Waals surface area contributed by atoms with Crippen molar-refractivity contribution in [2.75, 3.05) is 19.7 Å². The van der Waals surface area contributed by atoms with Crippen LogP contribution in [0, 0.1) is 11.8 Å². The first-order valence-electron chi connectivity index (χ1n) is 14.9. The molecule has 5 rings (SSSR count). The summed E-state index contributed by atoms with van der Waals surface area (Å²) in [5, 5.41) is 12.0. The van der Waals surface area contributed by atoms with Crippen LogP contribution in [0.3, 0.4) is 0 Å².